The summed E-state index contributed by atoms with van der Waals surface area (Å²) in [5.74, 6) is -1.11. The Morgan fingerprint density at radius 2 is 1.92 bits per heavy atom. The summed E-state index contributed by atoms with van der Waals surface area (Å²) in [5, 5.41) is 10.3. The van der Waals surface area contributed by atoms with Gasteiger partial charge in [-0.05, 0) is 18.8 Å². The minimum absolute atomic E-state index is 0. The zero-order valence-electron chi connectivity index (χ0n) is 7.63. The molecule has 0 fully saturated rings. The number of carbonyl (C=O) groups excluding carboxylic acids is 1. The van der Waals surface area contributed by atoms with E-state index in [1.807, 2.05) is 6.92 Å². The third-order valence-electron chi connectivity index (χ3n) is 1.73. The fraction of sp³-hybridized carbons (Fsp3) is 0.875. The van der Waals surface area contributed by atoms with Crippen LogP contribution in [0.4, 0.5) is 0 Å². The molecule has 0 aromatic carbocycles. The number of carboxylic acid groups (broad SMARTS) is 1. The molecular formula is C8H15O3Zr. The van der Waals surface area contributed by atoms with Crippen LogP contribution in [0.1, 0.15) is 39.5 Å². The Morgan fingerprint density at radius 3 is 2.17 bits per heavy atom. The van der Waals surface area contributed by atoms with E-state index >= 15 is 0 Å². The van der Waals surface area contributed by atoms with E-state index in [0.717, 1.165) is 19.3 Å². The molecule has 0 aromatic heterocycles. The van der Waals surface area contributed by atoms with Gasteiger partial charge in [0, 0.05) is 5.97 Å². The van der Waals surface area contributed by atoms with Gasteiger partial charge in [0.15, 0.2) is 0 Å². The van der Waals surface area contributed by atoms with E-state index in [-0.39, 0.29) is 37.6 Å². The van der Waals surface area contributed by atoms with Gasteiger partial charge in [0.2, 0.25) is 0 Å². The van der Waals surface area contributed by atoms with E-state index < -0.39 is 5.97 Å². The Hall–Kier alpha value is 0.313. The monoisotopic (exact) mass is 249 g/mol. The fourth-order valence-electron chi connectivity index (χ4n) is 0.939. The molecule has 0 aliphatic heterocycles. The summed E-state index contributed by atoms with van der Waals surface area (Å²) in [6, 6.07) is 0. The summed E-state index contributed by atoms with van der Waals surface area (Å²) >= 11 is 0. The molecule has 1 unspecified atom stereocenters. The van der Waals surface area contributed by atoms with Gasteiger partial charge < -0.3 is 15.4 Å². The van der Waals surface area contributed by atoms with Gasteiger partial charge in [0.05, 0.1) is 0 Å². The third kappa shape index (κ3) is 8.41. The topological polar surface area (TPSA) is 68.6 Å². The number of unbranched alkanes of at least 4 members (excludes halogenated alkanes) is 1. The van der Waals surface area contributed by atoms with Crippen molar-refractivity contribution in [3.63, 3.8) is 0 Å². The van der Waals surface area contributed by atoms with Crippen molar-refractivity contribution in [3.05, 3.63) is 0 Å². The Bertz CT molecular complexity index is 106. The van der Waals surface area contributed by atoms with Gasteiger partial charge in [-0.25, -0.2) is 0 Å². The number of carboxylic acids is 1. The van der Waals surface area contributed by atoms with Crippen LogP contribution in [0, 0.1) is 5.92 Å². The summed E-state index contributed by atoms with van der Waals surface area (Å²) in [4.78, 5) is 10.3. The number of hydrogen-bond donors (Lipinski definition) is 0. The largest absolute Gasteiger partial charge is 3.00 e. The van der Waals surface area contributed by atoms with Gasteiger partial charge in [-0.2, -0.15) is 0 Å². The molecule has 0 rings (SSSR count). The smallest absolute Gasteiger partial charge is 2.00 e. The van der Waals surface area contributed by atoms with E-state index in [1.54, 1.807) is 0 Å². The van der Waals surface area contributed by atoms with Gasteiger partial charge in [-0.1, -0.05) is 26.7 Å². The molecule has 0 aromatic rings. The van der Waals surface area contributed by atoms with Crippen molar-refractivity contribution in [2.75, 3.05) is 0 Å². The first-order valence-electron chi connectivity index (χ1n) is 3.93. The molecule has 1 radical (unpaired) electrons. The zero-order valence-corrected chi connectivity index (χ0v) is 10.1. The van der Waals surface area contributed by atoms with Crippen LogP contribution in [-0.2, 0) is 36.5 Å². The van der Waals surface area contributed by atoms with Gasteiger partial charge in [-0.3, -0.25) is 0 Å². The second-order valence-electron chi connectivity index (χ2n) is 2.57. The molecule has 0 saturated carbocycles. The molecule has 4 heteroatoms. The van der Waals surface area contributed by atoms with Crippen molar-refractivity contribution in [2.24, 2.45) is 5.92 Å². The van der Waals surface area contributed by atoms with Gasteiger partial charge in [0.25, 0.3) is 0 Å². The minimum atomic E-state index is -0.893. The maximum atomic E-state index is 10.3. The SMILES string of the molecule is CCCCC(CC)C(=O)[O-].[O-2].[Zr+3]. The molecule has 69 valence electrons. The number of rotatable bonds is 5. The maximum absolute atomic E-state index is 10.3. The average molecular weight is 250 g/mol. The Morgan fingerprint density at radius 1 is 1.42 bits per heavy atom. The molecule has 0 spiro atoms. The zero-order chi connectivity index (χ0) is 7.98. The van der Waals surface area contributed by atoms with Crippen molar-refractivity contribution < 1.29 is 41.6 Å². The average Bonchev–Trinajstić information content (AvgIpc) is 1.89. The first-order chi connectivity index (χ1) is 4.72. The molecule has 12 heavy (non-hydrogen) atoms. The number of hydrogen-bond acceptors (Lipinski definition) is 2. The molecular weight excluding hydrogens is 235 g/mol. The second kappa shape index (κ2) is 11.3. The van der Waals surface area contributed by atoms with E-state index in [9.17, 15) is 9.90 Å². The van der Waals surface area contributed by atoms with Crippen LogP contribution in [0.25, 0.3) is 0 Å². The standard InChI is InChI=1S/C8H16O2.O.Zr/c1-3-5-6-7(4-2)8(9)10;;/h7H,3-6H2,1-2H3,(H,9,10);;/q;-2;+3/p-1. The van der Waals surface area contributed by atoms with Gasteiger partial charge in [-0.15, -0.1) is 0 Å². The molecule has 0 aliphatic rings. The first kappa shape index (κ1) is 18.2. The van der Waals surface area contributed by atoms with Crippen molar-refractivity contribution in [3.8, 4) is 0 Å². The summed E-state index contributed by atoms with van der Waals surface area (Å²) in [6.07, 6.45) is 3.52. The van der Waals surface area contributed by atoms with Gasteiger partial charge in [0.1, 0.15) is 0 Å². The van der Waals surface area contributed by atoms with Gasteiger partial charge >= 0.3 is 26.2 Å². The molecule has 0 heterocycles. The van der Waals surface area contributed by atoms with Crippen molar-refractivity contribution in [2.45, 2.75) is 39.5 Å². The Labute approximate surface area is 93.0 Å². The molecule has 1 atom stereocenters. The van der Waals surface area contributed by atoms with E-state index in [1.165, 1.54) is 0 Å². The second-order valence-corrected chi connectivity index (χ2v) is 2.57. The van der Waals surface area contributed by atoms with E-state index in [2.05, 4.69) is 6.92 Å². The summed E-state index contributed by atoms with van der Waals surface area (Å²) in [6.45, 7) is 3.94. The maximum Gasteiger partial charge on any atom is 3.00 e. The molecule has 0 saturated heterocycles. The van der Waals surface area contributed by atoms with Crippen LogP contribution in [-0.4, -0.2) is 5.97 Å². The fourth-order valence-corrected chi connectivity index (χ4v) is 0.939. The third-order valence-corrected chi connectivity index (χ3v) is 1.73. The van der Waals surface area contributed by atoms with Crippen LogP contribution >= 0.6 is 0 Å². The predicted octanol–water partition coefficient (Wildman–Crippen LogP) is 0.831. The molecule has 3 nitrogen and oxygen atoms in total. The number of carbonyl (C=O) groups is 1. The van der Waals surface area contributed by atoms with E-state index in [4.69, 9.17) is 0 Å². The Balaban J connectivity index is -0.000000405. The summed E-state index contributed by atoms with van der Waals surface area (Å²) in [7, 11) is 0. The summed E-state index contributed by atoms with van der Waals surface area (Å²) < 4.78 is 0. The first-order valence-corrected chi connectivity index (χ1v) is 3.93. The molecule has 0 bridgehead atoms. The number of aliphatic carboxylic acids is 1. The van der Waals surface area contributed by atoms with Crippen LogP contribution in [0.15, 0.2) is 0 Å². The van der Waals surface area contributed by atoms with Crippen molar-refractivity contribution in [1.29, 1.82) is 0 Å². The van der Waals surface area contributed by atoms with Crippen LogP contribution in [0.5, 0.6) is 0 Å². The Kier molecular flexibility index (Phi) is 17.1. The molecule has 0 aliphatic carbocycles. The molecule has 0 amide bonds. The van der Waals surface area contributed by atoms with Crippen LogP contribution in [0.3, 0.4) is 0 Å². The van der Waals surface area contributed by atoms with E-state index in [0.29, 0.717) is 6.42 Å². The van der Waals surface area contributed by atoms with Crippen LogP contribution < -0.4 is 5.11 Å². The van der Waals surface area contributed by atoms with Crippen LogP contribution in [0.2, 0.25) is 0 Å². The molecule has 0 N–H and O–H groups in total. The quantitative estimate of drug-likeness (QED) is 0.725. The van der Waals surface area contributed by atoms with Crippen molar-refractivity contribution >= 4 is 5.97 Å². The summed E-state index contributed by atoms with van der Waals surface area (Å²) in [5.41, 5.74) is 0. The minimum Gasteiger partial charge on any atom is -2.00 e. The normalized spacial score (nSPS) is 10.8. The predicted molar refractivity (Wildman–Crippen MR) is 39.0 cm³/mol. The van der Waals surface area contributed by atoms with Crippen molar-refractivity contribution in [1.82, 2.24) is 0 Å².